The van der Waals surface area contributed by atoms with Gasteiger partial charge in [-0.05, 0) is 97.7 Å². The number of piperazine rings is 1. The van der Waals surface area contributed by atoms with E-state index in [2.05, 4.69) is 55.4 Å². The Morgan fingerprint density at radius 2 is 1.71 bits per heavy atom. The molecule has 2 atom stereocenters. The van der Waals surface area contributed by atoms with Gasteiger partial charge in [-0.3, -0.25) is 38.5 Å². The normalized spacial score (nSPS) is 19.6. The number of carbonyl (C=O) groups excluding carboxylic acids is 4. The number of amides is 4. The molecule has 338 valence electrons. The monoisotopic (exact) mass is 899 g/mol. The number of fused-ring (bicyclic) bond motifs is 2. The van der Waals surface area contributed by atoms with Crippen molar-refractivity contribution in [3.05, 3.63) is 104 Å². The number of thiazole rings is 1. The standard InChI is InChI=1S/C49H54FN9O5S/c1-54-46-32(6-2-9-39(46)59(49(54)64)40-14-15-41(60)53-47(40)62)7-3-19-55-23-25-56(26-24-55)34-12-10-31(11-13-34)35-28-36(44(50)45-37(35)29-38(52-45)48(63)57-21-5-22-57)33-8-4-20-58(30-33)43(61)17-16-42-51-18-27-65-42/h2,6,9-13,18,27-29,33,40,52H,3-5,7-8,14-17,19-26,30H2,1H3,(H,53,60,62). The average molecular weight is 900 g/mol. The molecule has 0 bridgehead atoms. The van der Waals surface area contributed by atoms with Crippen LogP contribution in [0.4, 0.5) is 10.1 Å². The van der Waals surface area contributed by atoms with Crippen LogP contribution in [0.15, 0.2) is 71.0 Å². The SMILES string of the molecule is Cn1c(=O)n(C2CCC(=O)NC2=O)c2cccc(CCCN3CCN(c4ccc(-c5cc(C6CCCN(C(=O)CCc7nccs7)C6)c(F)c6[nH]c(C(=O)N7CCC7)cc56)cc4)CC3)c21. The van der Waals surface area contributed by atoms with E-state index in [-0.39, 0.29) is 41.6 Å². The number of imide groups is 1. The van der Waals surface area contributed by atoms with Crippen molar-refractivity contribution in [1.82, 2.24) is 39.1 Å². The van der Waals surface area contributed by atoms with E-state index in [0.717, 1.165) is 97.7 Å². The highest BCUT2D eigenvalue weighted by atomic mass is 32.1. The van der Waals surface area contributed by atoms with E-state index in [1.54, 1.807) is 44.7 Å². The number of carbonyl (C=O) groups is 4. The van der Waals surface area contributed by atoms with Crippen molar-refractivity contribution in [3.8, 4) is 11.1 Å². The molecule has 14 nitrogen and oxygen atoms in total. The first-order valence-corrected chi connectivity index (χ1v) is 23.9. The number of aryl methyl sites for hydroxylation is 3. The Morgan fingerprint density at radius 3 is 2.45 bits per heavy atom. The molecule has 3 aromatic carbocycles. The third kappa shape index (κ3) is 8.37. The fourth-order valence-electron chi connectivity index (χ4n) is 10.4. The van der Waals surface area contributed by atoms with E-state index < -0.39 is 11.9 Å². The molecular formula is C49H54FN9O5S. The van der Waals surface area contributed by atoms with Crippen LogP contribution >= 0.6 is 11.3 Å². The van der Waals surface area contributed by atoms with Gasteiger partial charge in [0.15, 0.2) is 5.82 Å². The van der Waals surface area contributed by atoms with E-state index in [0.29, 0.717) is 73.1 Å². The molecule has 6 aromatic rings. The minimum Gasteiger partial charge on any atom is -0.369 e. The summed E-state index contributed by atoms with van der Waals surface area (Å²) in [5, 5.41) is 5.92. The van der Waals surface area contributed by atoms with Gasteiger partial charge in [0.05, 0.1) is 21.6 Å². The lowest BCUT2D eigenvalue weighted by molar-refractivity contribution is -0.136. The second-order valence-electron chi connectivity index (χ2n) is 18.0. The summed E-state index contributed by atoms with van der Waals surface area (Å²) in [6, 6.07) is 17.4. The smallest absolute Gasteiger partial charge is 0.329 e. The summed E-state index contributed by atoms with van der Waals surface area (Å²) < 4.78 is 19.9. The van der Waals surface area contributed by atoms with Crippen LogP contribution in [0.2, 0.25) is 0 Å². The average Bonchev–Trinajstić information content (AvgIpc) is 4.05. The van der Waals surface area contributed by atoms with Gasteiger partial charge < -0.3 is 19.7 Å². The molecule has 65 heavy (non-hydrogen) atoms. The van der Waals surface area contributed by atoms with Gasteiger partial charge in [0.25, 0.3) is 5.91 Å². The lowest BCUT2D eigenvalue weighted by atomic mass is 9.87. The number of anilines is 1. The molecule has 4 fully saturated rings. The van der Waals surface area contributed by atoms with Crippen LogP contribution in [-0.2, 0) is 34.3 Å². The summed E-state index contributed by atoms with van der Waals surface area (Å²) in [5.74, 6) is -1.33. The first-order valence-electron chi connectivity index (χ1n) is 23.0. The van der Waals surface area contributed by atoms with Crippen LogP contribution < -0.4 is 15.9 Å². The van der Waals surface area contributed by atoms with E-state index in [4.69, 9.17) is 0 Å². The number of hydrogen-bond donors (Lipinski definition) is 2. The molecule has 10 rings (SSSR count). The summed E-state index contributed by atoms with van der Waals surface area (Å²) in [7, 11) is 1.75. The van der Waals surface area contributed by atoms with E-state index >= 15 is 4.39 Å². The molecule has 16 heteroatoms. The zero-order valence-electron chi connectivity index (χ0n) is 36.7. The Kier molecular flexibility index (Phi) is 11.9. The summed E-state index contributed by atoms with van der Waals surface area (Å²) in [6.07, 6.45) is 7.45. The first kappa shape index (κ1) is 42.8. The van der Waals surface area contributed by atoms with Crippen molar-refractivity contribution >= 4 is 62.6 Å². The summed E-state index contributed by atoms with van der Waals surface area (Å²) in [4.78, 5) is 80.7. The fourth-order valence-corrected chi connectivity index (χ4v) is 11.0. The van der Waals surface area contributed by atoms with Gasteiger partial charge in [0.1, 0.15) is 11.7 Å². The van der Waals surface area contributed by atoms with Crippen molar-refractivity contribution in [1.29, 1.82) is 0 Å². The number of rotatable bonds is 12. The molecule has 0 saturated carbocycles. The number of imidazole rings is 1. The fraction of sp³-hybridized carbons (Fsp3) is 0.429. The number of nitrogens with zero attached hydrogens (tertiary/aromatic N) is 7. The van der Waals surface area contributed by atoms with Gasteiger partial charge in [-0.25, -0.2) is 14.2 Å². The number of benzene rings is 3. The summed E-state index contributed by atoms with van der Waals surface area (Å²) in [6.45, 7) is 6.94. The Bertz CT molecular complexity index is 2840. The summed E-state index contributed by atoms with van der Waals surface area (Å²) in [5.41, 5.74) is 6.56. The van der Waals surface area contributed by atoms with Crippen LogP contribution in [0.25, 0.3) is 33.1 Å². The Morgan fingerprint density at radius 1 is 0.908 bits per heavy atom. The number of para-hydroxylation sites is 1. The van der Waals surface area contributed by atoms with Gasteiger partial charge in [0, 0.05) is 107 Å². The number of likely N-dealkylation sites (tertiary alicyclic amines) is 2. The molecule has 2 N–H and O–H groups in total. The minimum atomic E-state index is -0.708. The quantitative estimate of drug-likeness (QED) is 0.142. The number of aromatic amines is 1. The molecule has 4 saturated heterocycles. The lowest BCUT2D eigenvalue weighted by Crippen LogP contribution is -2.46. The molecule has 2 unspecified atom stereocenters. The van der Waals surface area contributed by atoms with Crippen LogP contribution in [0.3, 0.4) is 0 Å². The molecule has 0 spiro atoms. The lowest BCUT2D eigenvalue weighted by Gasteiger charge is -2.36. The van der Waals surface area contributed by atoms with Crippen molar-refractivity contribution in [2.24, 2.45) is 7.05 Å². The maximum absolute atomic E-state index is 16.8. The predicted octanol–water partition coefficient (Wildman–Crippen LogP) is 6.00. The highest BCUT2D eigenvalue weighted by Crippen LogP contribution is 2.39. The molecule has 7 heterocycles. The largest absolute Gasteiger partial charge is 0.369 e. The molecular weight excluding hydrogens is 846 g/mol. The third-order valence-electron chi connectivity index (χ3n) is 14.0. The van der Waals surface area contributed by atoms with Gasteiger partial charge in [-0.1, -0.05) is 24.3 Å². The van der Waals surface area contributed by atoms with Crippen molar-refractivity contribution < 1.29 is 23.6 Å². The Balaban J connectivity index is 0.816. The predicted molar refractivity (Wildman–Crippen MR) is 249 cm³/mol. The van der Waals surface area contributed by atoms with Crippen molar-refractivity contribution in [2.75, 3.05) is 63.8 Å². The second kappa shape index (κ2) is 18.0. The van der Waals surface area contributed by atoms with Crippen molar-refractivity contribution in [2.45, 2.75) is 69.7 Å². The number of piperidine rings is 2. The molecule has 3 aromatic heterocycles. The van der Waals surface area contributed by atoms with Gasteiger partial charge in [-0.2, -0.15) is 0 Å². The highest BCUT2D eigenvalue weighted by molar-refractivity contribution is 7.09. The van der Waals surface area contributed by atoms with E-state index in [1.165, 1.54) is 0 Å². The number of halogens is 1. The van der Waals surface area contributed by atoms with Gasteiger partial charge in [-0.15, -0.1) is 11.3 Å². The van der Waals surface area contributed by atoms with Gasteiger partial charge in [0.2, 0.25) is 17.7 Å². The topological polar surface area (TPSA) is 149 Å². The van der Waals surface area contributed by atoms with Crippen LogP contribution in [0, 0.1) is 5.82 Å². The number of nitrogens with one attached hydrogen (secondary N) is 2. The third-order valence-corrected chi connectivity index (χ3v) is 14.9. The van der Waals surface area contributed by atoms with Crippen LogP contribution in [0.5, 0.6) is 0 Å². The Hall–Kier alpha value is -6.13. The van der Waals surface area contributed by atoms with Crippen LogP contribution in [0.1, 0.15) is 83.5 Å². The summed E-state index contributed by atoms with van der Waals surface area (Å²) >= 11 is 1.55. The van der Waals surface area contributed by atoms with Gasteiger partial charge >= 0.3 is 5.69 Å². The van der Waals surface area contributed by atoms with Crippen molar-refractivity contribution in [3.63, 3.8) is 0 Å². The number of H-pyrrole nitrogens is 1. The van der Waals surface area contributed by atoms with Crippen LogP contribution in [-0.4, -0.2) is 116 Å². The number of hydrogen-bond acceptors (Lipinski definition) is 9. The minimum absolute atomic E-state index is 0.0637. The Labute approximate surface area is 380 Å². The molecule has 4 amide bonds. The molecule has 0 radical (unpaired) electrons. The molecule has 0 aliphatic carbocycles. The maximum Gasteiger partial charge on any atom is 0.329 e. The van der Waals surface area contributed by atoms with E-state index in [9.17, 15) is 24.0 Å². The maximum atomic E-state index is 16.8. The zero-order valence-corrected chi connectivity index (χ0v) is 37.5. The second-order valence-corrected chi connectivity index (χ2v) is 19.0. The first-order chi connectivity index (χ1) is 31.6. The molecule has 4 aliphatic rings. The molecule has 4 aliphatic heterocycles. The highest BCUT2D eigenvalue weighted by Gasteiger charge is 2.33. The number of aromatic nitrogens is 4. The van der Waals surface area contributed by atoms with E-state index in [1.807, 2.05) is 28.5 Å². The zero-order chi connectivity index (χ0) is 44.8.